The maximum atomic E-state index is 12.5. The lowest BCUT2D eigenvalue weighted by Gasteiger charge is -2.18. The summed E-state index contributed by atoms with van der Waals surface area (Å²) < 4.78 is 1.86. The smallest absolute Gasteiger partial charge is 0.231 e. The van der Waals surface area contributed by atoms with Gasteiger partial charge < -0.3 is 9.88 Å². The van der Waals surface area contributed by atoms with Crippen molar-refractivity contribution in [1.29, 1.82) is 0 Å². The van der Waals surface area contributed by atoms with E-state index in [1.165, 1.54) is 17.3 Å². The number of allylic oxidation sites excluding steroid dienone is 1. The van der Waals surface area contributed by atoms with Crippen LogP contribution in [0.25, 0.3) is 0 Å². The molecule has 0 saturated carbocycles. The Hall–Kier alpha value is -2.38. The highest BCUT2D eigenvalue weighted by molar-refractivity contribution is 7.99. The molecule has 0 aliphatic heterocycles. The number of thiophene rings is 1. The minimum Gasteiger partial charge on any atom is -0.344 e. The number of amides is 1. The van der Waals surface area contributed by atoms with Gasteiger partial charge in [-0.1, -0.05) is 53.7 Å². The summed E-state index contributed by atoms with van der Waals surface area (Å²) in [4.78, 5) is 13.7. The molecule has 0 spiro atoms. The predicted octanol–water partition coefficient (Wildman–Crippen LogP) is 3.83. The molecule has 1 amide bonds. The van der Waals surface area contributed by atoms with Crippen LogP contribution in [0, 0.1) is 6.92 Å². The van der Waals surface area contributed by atoms with Gasteiger partial charge in [0.05, 0.1) is 11.8 Å². The molecule has 1 aromatic carbocycles. The van der Waals surface area contributed by atoms with Gasteiger partial charge in [-0.25, -0.2) is 0 Å². The number of rotatable bonds is 8. The number of carbonyl (C=O) groups excluding carboxylic acids is 1. The summed E-state index contributed by atoms with van der Waals surface area (Å²) in [5.74, 6) is 0.242. The molecule has 26 heavy (non-hydrogen) atoms. The van der Waals surface area contributed by atoms with Crippen LogP contribution in [0.1, 0.15) is 22.0 Å². The molecule has 1 atom stereocenters. The summed E-state index contributed by atoms with van der Waals surface area (Å²) in [7, 11) is 0. The van der Waals surface area contributed by atoms with E-state index in [0.717, 1.165) is 10.4 Å². The number of nitrogens with zero attached hydrogens (tertiary/aromatic N) is 3. The molecular formula is C19H20N4OS2. The fourth-order valence-corrected chi connectivity index (χ4v) is 4.02. The molecule has 7 heteroatoms. The van der Waals surface area contributed by atoms with Gasteiger partial charge in [-0.05, 0) is 23.9 Å². The van der Waals surface area contributed by atoms with Crippen molar-refractivity contribution in [3.8, 4) is 0 Å². The third-order valence-corrected chi connectivity index (χ3v) is 5.70. The van der Waals surface area contributed by atoms with Gasteiger partial charge in [0, 0.05) is 11.4 Å². The predicted molar refractivity (Wildman–Crippen MR) is 106 cm³/mol. The first-order chi connectivity index (χ1) is 12.7. The molecule has 0 bridgehead atoms. The van der Waals surface area contributed by atoms with Gasteiger partial charge in [0.1, 0.15) is 6.33 Å². The highest BCUT2D eigenvalue weighted by atomic mass is 32.2. The van der Waals surface area contributed by atoms with Gasteiger partial charge in [0.25, 0.3) is 0 Å². The van der Waals surface area contributed by atoms with E-state index >= 15 is 0 Å². The summed E-state index contributed by atoms with van der Waals surface area (Å²) >= 11 is 3.01. The number of benzene rings is 1. The summed E-state index contributed by atoms with van der Waals surface area (Å²) in [6.07, 6.45) is 3.42. The average Bonchev–Trinajstić information content (AvgIpc) is 3.31. The third kappa shape index (κ3) is 4.62. The Kier molecular flexibility index (Phi) is 6.25. The van der Waals surface area contributed by atoms with Crippen LogP contribution in [0.4, 0.5) is 0 Å². The molecule has 3 rings (SSSR count). The zero-order valence-corrected chi connectivity index (χ0v) is 16.1. The number of hydrogen-bond acceptors (Lipinski definition) is 5. The minimum atomic E-state index is -0.144. The first-order valence-corrected chi connectivity index (χ1v) is 10.0. The molecule has 5 nitrogen and oxygen atoms in total. The largest absolute Gasteiger partial charge is 0.344 e. The second-order valence-corrected chi connectivity index (χ2v) is 7.69. The van der Waals surface area contributed by atoms with Gasteiger partial charge in [-0.3, -0.25) is 4.79 Å². The van der Waals surface area contributed by atoms with Crippen LogP contribution in [0.15, 0.2) is 65.9 Å². The number of nitrogens with one attached hydrogen (secondary N) is 1. The standard InChI is InChI=1S/C19H20N4OS2/c1-3-10-23-13-20-22-19(23)26-12-17(24)21-18(16-5-4-11-25-16)15-8-6-14(2)7-9-15/h3-9,11,13,18H,1,10,12H2,2H3,(H,21,24). The lowest BCUT2D eigenvalue weighted by atomic mass is 10.0. The highest BCUT2D eigenvalue weighted by Crippen LogP contribution is 2.26. The maximum Gasteiger partial charge on any atom is 0.231 e. The number of thioether (sulfide) groups is 1. The molecule has 3 aromatic rings. The van der Waals surface area contributed by atoms with Crippen molar-refractivity contribution in [3.63, 3.8) is 0 Å². The Labute approximate surface area is 161 Å². The van der Waals surface area contributed by atoms with E-state index in [4.69, 9.17) is 0 Å². The third-order valence-electron chi connectivity index (χ3n) is 3.78. The topological polar surface area (TPSA) is 59.8 Å². The van der Waals surface area contributed by atoms with Gasteiger partial charge in [0.15, 0.2) is 5.16 Å². The van der Waals surface area contributed by atoms with E-state index < -0.39 is 0 Å². The molecule has 2 aromatic heterocycles. The van der Waals surface area contributed by atoms with Crippen LogP contribution in [0.5, 0.6) is 0 Å². The second-order valence-electron chi connectivity index (χ2n) is 5.77. The number of hydrogen-bond donors (Lipinski definition) is 1. The molecule has 0 fully saturated rings. The van der Waals surface area contributed by atoms with Crippen molar-refractivity contribution in [1.82, 2.24) is 20.1 Å². The Morgan fingerprint density at radius 2 is 2.19 bits per heavy atom. The fraction of sp³-hybridized carbons (Fsp3) is 0.211. The molecule has 0 aliphatic rings. The molecule has 1 unspecified atom stereocenters. The van der Waals surface area contributed by atoms with E-state index in [0.29, 0.717) is 11.7 Å². The summed E-state index contributed by atoms with van der Waals surface area (Å²) in [6.45, 7) is 6.39. The van der Waals surface area contributed by atoms with Gasteiger partial charge in [-0.15, -0.1) is 28.1 Å². The van der Waals surface area contributed by atoms with E-state index in [-0.39, 0.29) is 17.7 Å². The quantitative estimate of drug-likeness (QED) is 0.474. The molecule has 134 valence electrons. The van der Waals surface area contributed by atoms with Crippen LogP contribution in [0.3, 0.4) is 0 Å². The summed E-state index contributed by atoms with van der Waals surface area (Å²) in [5, 5.41) is 13.8. The first-order valence-electron chi connectivity index (χ1n) is 8.18. The Morgan fingerprint density at radius 3 is 2.88 bits per heavy atom. The Morgan fingerprint density at radius 1 is 1.38 bits per heavy atom. The van der Waals surface area contributed by atoms with Crippen molar-refractivity contribution in [3.05, 3.63) is 76.8 Å². The molecule has 0 radical (unpaired) electrons. The number of aryl methyl sites for hydroxylation is 1. The van der Waals surface area contributed by atoms with Crippen molar-refractivity contribution in [2.75, 3.05) is 5.75 Å². The number of carbonyl (C=O) groups is 1. The zero-order chi connectivity index (χ0) is 18.4. The molecule has 0 saturated heterocycles. The highest BCUT2D eigenvalue weighted by Gasteiger charge is 2.18. The first kappa shape index (κ1) is 18.4. The zero-order valence-electron chi connectivity index (χ0n) is 14.5. The average molecular weight is 385 g/mol. The van der Waals surface area contributed by atoms with Gasteiger partial charge in [0.2, 0.25) is 5.91 Å². The molecular weight excluding hydrogens is 364 g/mol. The SMILES string of the molecule is C=CCn1cnnc1SCC(=O)NC(c1ccc(C)cc1)c1cccs1. The van der Waals surface area contributed by atoms with Gasteiger partial charge >= 0.3 is 0 Å². The van der Waals surface area contributed by atoms with Crippen molar-refractivity contribution in [2.45, 2.75) is 24.7 Å². The molecule has 2 heterocycles. The summed E-state index contributed by atoms with van der Waals surface area (Å²) in [5.41, 5.74) is 2.27. The minimum absolute atomic E-state index is 0.0397. The van der Waals surface area contributed by atoms with E-state index in [9.17, 15) is 4.79 Å². The van der Waals surface area contributed by atoms with E-state index in [1.54, 1.807) is 23.7 Å². The van der Waals surface area contributed by atoms with Crippen LogP contribution < -0.4 is 5.32 Å². The van der Waals surface area contributed by atoms with Crippen LogP contribution in [-0.2, 0) is 11.3 Å². The Balaban J connectivity index is 1.68. The van der Waals surface area contributed by atoms with Crippen molar-refractivity contribution >= 4 is 29.0 Å². The lowest BCUT2D eigenvalue weighted by molar-refractivity contribution is -0.119. The second kappa shape index (κ2) is 8.82. The monoisotopic (exact) mass is 384 g/mol. The lowest BCUT2D eigenvalue weighted by Crippen LogP contribution is -2.30. The molecule has 1 N–H and O–H groups in total. The normalized spacial score (nSPS) is 11.9. The summed E-state index contributed by atoms with van der Waals surface area (Å²) in [6, 6.07) is 12.2. The van der Waals surface area contributed by atoms with Crippen LogP contribution >= 0.6 is 23.1 Å². The van der Waals surface area contributed by atoms with Gasteiger partial charge in [-0.2, -0.15) is 0 Å². The fourth-order valence-electron chi connectivity index (χ4n) is 2.49. The molecule has 0 aliphatic carbocycles. The Bertz CT molecular complexity index is 856. The number of aromatic nitrogens is 3. The maximum absolute atomic E-state index is 12.5. The van der Waals surface area contributed by atoms with Crippen molar-refractivity contribution in [2.24, 2.45) is 0 Å². The van der Waals surface area contributed by atoms with Crippen LogP contribution in [-0.4, -0.2) is 26.4 Å². The van der Waals surface area contributed by atoms with E-state index in [2.05, 4.69) is 53.3 Å². The van der Waals surface area contributed by atoms with E-state index in [1.807, 2.05) is 22.1 Å². The van der Waals surface area contributed by atoms with Crippen LogP contribution in [0.2, 0.25) is 0 Å². The van der Waals surface area contributed by atoms with Crippen molar-refractivity contribution < 1.29 is 4.79 Å².